The van der Waals surface area contributed by atoms with E-state index in [0.29, 0.717) is 19.7 Å². The second kappa shape index (κ2) is 6.83. The second-order valence-corrected chi connectivity index (χ2v) is 5.92. The Labute approximate surface area is 142 Å². The van der Waals surface area contributed by atoms with Gasteiger partial charge in [0.25, 0.3) is 5.91 Å². The smallest absolute Gasteiger partial charge is 0.274 e. The number of nitrogens with zero attached hydrogens (tertiary/aromatic N) is 2. The predicted molar refractivity (Wildman–Crippen MR) is 85.3 cm³/mol. The molecule has 120 valence electrons. The summed E-state index contributed by atoms with van der Waals surface area (Å²) in [4.78, 5) is 18.2. The SMILES string of the molecule is O=C(c1nc(Cl)ccc1Cl)N1CCOC(c2ccc(F)cc2)C1. The summed E-state index contributed by atoms with van der Waals surface area (Å²) in [7, 11) is 0. The number of hydrogen-bond donors (Lipinski definition) is 0. The van der Waals surface area contributed by atoms with Crippen LogP contribution in [0.5, 0.6) is 0 Å². The molecule has 0 aliphatic carbocycles. The van der Waals surface area contributed by atoms with Crippen molar-refractivity contribution in [2.45, 2.75) is 6.10 Å². The summed E-state index contributed by atoms with van der Waals surface area (Å²) in [5.41, 5.74) is 0.938. The van der Waals surface area contributed by atoms with E-state index in [2.05, 4.69) is 4.98 Å². The van der Waals surface area contributed by atoms with Gasteiger partial charge >= 0.3 is 0 Å². The average molecular weight is 355 g/mol. The molecule has 1 fully saturated rings. The lowest BCUT2D eigenvalue weighted by Gasteiger charge is -2.33. The van der Waals surface area contributed by atoms with Crippen molar-refractivity contribution in [3.05, 3.63) is 63.6 Å². The van der Waals surface area contributed by atoms with E-state index in [0.717, 1.165) is 5.56 Å². The molecular weight excluding hydrogens is 342 g/mol. The molecule has 1 aromatic heterocycles. The van der Waals surface area contributed by atoms with Gasteiger partial charge in [-0.3, -0.25) is 4.79 Å². The number of morpholine rings is 1. The third-order valence-electron chi connectivity index (χ3n) is 3.61. The van der Waals surface area contributed by atoms with Gasteiger partial charge < -0.3 is 9.64 Å². The normalized spacial score (nSPS) is 18.0. The number of aromatic nitrogens is 1. The molecule has 1 aromatic carbocycles. The first-order valence-electron chi connectivity index (χ1n) is 7.03. The number of carbonyl (C=O) groups is 1. The maximum absolute atomic E-state index is 13.0. The Hall–Kier alpha value is -1.69. The molecule has 1 aliphatic rings. The van der Waals surface area contributed by atoms with Gasteiger partial charge in [0.2, 0.25) is 0 Å². The number of pyridine rings is 1. The summed E-state index contributed by atoms with van der Waals surface area (Å²) in [6.45, 7) is 1.15. The van der Waals surface area contributed by atoms with Gasteiger partial charge in [-0.1, -0.05) is 35.3 Å². The molecule has 1 unspecified atom stereocenters. The van der Waals surface area contributed by atoms with E-state index in [4.69, 9.17) is 27.9 Å². The van der Waals surface area contributed by atoms with Gasteiger partial charge in [0.05, 0.1) is 18.2 Å². The van der Waals surface area contributed by atoms with E-state index in [-0.39, 0.29) is 33.7 Å². The van der Waals surface area contributed by atoms with E-state index < -0.39 is 0 Å². The zero-order chi connectivity index (χ0) is 16.4. The van der Waals surface area contributed by atoms with Crippen LogP contribution in [0.2, 0.25) is 10.2 Å². The van der Waals surface area contributed by atoms with Gasteiger partial charge in [-0.2, -0.15) is 0 Å². The molecule has 0 radical (unpaired) electrons. The fourth-order valence-electron chi connectivity index (χ4n) is 2.43. The van der Waals surface area contributed by atoms with Gasteiger partial charge in [0, 0.05) is 6.54 Å². The zero-order valence-corrected chi connectivity index (χ0v) is 13.5. The molecule has 0 N–H and O–H groups in total. The molecule has 4 nitrogen and oxygen atoms in total. The molecule has 1 atom stereocenters. The predicted octanol–water partition coefficient (Wildman–Crippen LogP) is 3.74. The maximum Gasteiger partial charge on any atom is 0.274 e. The van der Waals surface area contributed by atoms with E-state index in [9.17, 15) is 9.18 Å². The fraction of sp³-hybridized carbons (Fsp3) is 0.250. The summed E-state index contributed by atoms with van der Waals surface area (Å²) in [6, 6.07) is 9.12. The quantitative estimate of drug-likeness (QED) is 0.771. The molecular formula is C16H13Cl2FN2O2. The highest BCUT2D eigenvalue weighted by Crippen LogP contribution is 2.25. The molecule has 0 spiro atoms. The minimum absolute atomic E-state index is 0.124. The Morgan fingerprint density at radius 1 is 1.22 bits per heavy atom. The van der Waals surface area contributed by atoms with E-state index in [1.807, 2.05) is 0 Å². The number of rotatable bonds is 2. The molecule has 23 heavy (non-hydrogen) atoms. The Balaban J connectivity index is 1.79. The van der Waals surface area contributed by atoms with Crippen LogP contribution in [-0.2, 0) is 4.74 Å². The molecule has 3 rings (SSSR count). The van der Waals surface area contributed by atoms with Gasteiger partial charge in [-0.25, -0.2) is 9.37 Å². The number of benzene rings is 1. The third kappa shape index (κ3) is 3.63. The first-order valence-corrected chi connectivity index (χ1v) is 7.78. The second-order valence-electron chi connectivity index (χ2n) is 5.13. The fourth-order valence-corrected chi connectivity index (χ4v) is 2.76. The molecule has 1 saturated heterocycles. The van der Waals surface area contributed by atoms with Crippen molar-refractivity contribution in [2.75, 3.05) is 19.7 Å². The van der Waals surface area contributed by atoms with Crippen LogP contribution in [0, 0.1) is 5.82 Å². The van der Waals surface area contributed by atoms with E-state index in [1.165, 1.54) is 18.2 Å². The molecule has 1 amide bonds. The molecule has 1 aliphatic heterocycles. The van der Waals surface area contributed by atoms with Crippen molar-refractivity contribution in [3.63, 3.8) is 0 Å². The van der Waals surface area contributed by atoms with Gasteiger partial charge in [-0.05, 0) is 29.8 Å². The first kappa shape index (κ1) is 16.2. The molecule has 0 saturated carbocycles. The number of hydrogen-bond acceptors (Lipinski definition) is 3. The Kier molecular flexibility index (Phi) is 4.80. The van der Waals surface area contributed by atoms with Crippen LogP contribution in [0.15, 0.2) is 36.4 Å². The number of ether oxygens (including phenoxy) is 1. The van der Waals surface area contributed by atoms with Crippen LogP contribution in [0.4, 0.5) is 4.39 Å². The number of carbonyl (C=O) groups excluding carboxylic acids is 1. The van der Waals surface area contributed by atoms with Crippen LogP contribution in [0.1, 0.15) is 22.2 Å². The standard InChI is InChI=1S/C16H13Cl2FN2O2/c17-12-5-6-14(18)20-15(12)16(22)21-7-8-23-13(9-21)10-1-3-11(19)4-2-10/h1-6,13H,7-9H2. The highest BCUT2D eigenvalue weighted by atomic mass is 35.5. The summed E-state index contributed by atoms with van der Waals surface area (Å²) in [5.74, 6) is -0.611. The Morgan fingerprint density at radius 2 is 1.96 bits per heavy atom. The van der Waals surface area contributed by atoms with Gasteiger partial charge in [0.1, 0.15) is 22.8 Å². The molecule has 7 heteroatoms. The highest BCUT2D eigenvalue weighted by Gasteiger charge is 2.28. The van der Waals surface area contributed by atoms with Crippen molar-refractivity contribution in [2.24, 2.45) is 0 Å². The lowest BCUT2D eigenvalue weighted by molar-refractivity contribution is -0.0230. The highest BCUT2D eigenvalue weighted by molar-refractivity contribution is 6.34. The largest absolute Gasteiger partial charge is 0.370 e. The average Bonchev–Trinajstić information content (AvgIpc) is 2.57. The van der Waals surface area contributed by atoms with Crippen molar-refractivity contribution in [1.29, 1.82) is 0 Å². The number of amides is 1. The van der Waals surface area contributed by atoms with Crippen LogP contribution in [0.25, 0.3) is 0 Å². The summed E-state index contributed by atoms with van der Waals surface area (Å²) in [5, 5.41) is 0.463. The lowest BCUT2D eigenvalue weighted by atomic mass is 10.1. The van der Waals surface area contributed by atoms with Crippen molar-refractivity contribution >= 4 is 29.1 Å². The van der Waals surface area contributed by atoms with E-state index in [1.54, 1.807) is 23.1 Å². The summed E-state index contributed by atoms with van der Waals surface area (Å²) in [6.07, 6.45) is -0.314. The van der Waals surface area contributed by atoms with E-state index >= 15 is 0 Å². The third-order valence-corrected chi connectivity index (χ3v) is 4.13. The first-order chi connectivity index (χ1) is 11.0. The summed E-state index contributed by atoms with van der Waals surface area (Å²) < 4.78 is 18.7. The molecule has 0 bridgehead atoms. The van der Waals surface area contributed by atoms with Crippen LogP contribution in [-0.4, -0.2) is 35.5 Å². The van der Waals surface area contributed by atoms with Crippen molar-refractivity contribution in [1.82, 2.24) is 9.88 Å². The minimum Gasteiger partial charge on any atom is -0.370 e. The van der Waals surface area contributed by atoms with Gasteiger partial charge in [0.15, 0.2) is 0 Å². The monoisotopic (exact) mass is 354 g/mol. The Bertz CT molecular complexity index is 725. The zero-order valence-electron chi connectivity index (χ0n) is 12.0. The van der Waals surface area contributed by atoms with Crippen LogP contribution < -0.4 is 0 Å². The molecule has 2 aromatic rings. The Morgan fingerprint density at radius 3 is 2.70 bits per heavy atom. The van der Waals surface area contributed by atoms with Crippen LogP contribution >= 0.6 is 23.2 Å². The topological polar surface area (TPSA) is 42.4 Å². The number of halogens is 3. The van der Waals surface area contributed by atoms with Crippen molar-refractivity contribution < 1.29 is 13.9 Å². The van der Waals surface area contributed by atoms with Crippen LogP contribution in [0.3, 0.4) is 0 Å². The minimum atomic E-state index is -0.314. The summed E-state index contributed by atoms with van der Waals surface area (Å²) >= 11 is 11.9. The maximum atomic E-state index is 13.0. The lowest BCUT2D eigenvalue weighted by Crippen LogP contribution is -2.42. The van der Waals surface area contributed by atoms with Crippen molar-refractivity contribution in [3.8, 4) is 0 Å². The van der Waals surface area contributed by atoms with Gasteiger partial charge in [-0.15, -0.1) is 0 Å². The molecule has 2 heterocycles.